The smallest absolute Gasteiger partial charge is 0.161 e. The average Bonchev–Trinajstić information content (AvgIpc) is 2.32. The maximum absolute atomic E-state index is 6.19. The fraction of sp³-hybridized carbons (Fsp3) is 0.600. The van der Waals surface area contributed by atoms with Crippen molar-refractivity contribution in [3.05, 3.63) is 23.8 Å². The minimum Gasteiger partial charge on any atom is -0.486 e. The molecule has 0 aliphatic carbocycles. The second-order valence-electron chi connectivity index (χ2n) is 6.30. The van der Waals surface area contributed by atoms with Gasteiger partial charge in [-0.3, -0.25) is 0 Å². The molecular formula is C15H21NO3. The lowest BCUT2D eigenvalue weighted by atomic mass is 9.71. The Bertz CT molecular complexity index is 475. The third-order valence-corrected chi connectivity index (χ3v) is 3.71. The molecule has 2 N–H and O–H groups in total. The maximum atomic E-state index is 6.19. The van der Waals surface area contributed by atoms with E-state index >= 15 is 0 Å². The molecule has 104 valence electrons. The van der Waals surface area contributed by atoms with E-state index in [9.17, 15) is 0 Å². The van der Waals surface area contributed by atoms with Gasteiger partial charge in [0, 0.05) is 11.0 Å². The Morgan fingerprint density at radius 1 is 1.16 bits per heavy atom. The highest BCUT2D eigenvalue weighted by Crippen LogP contribution is 2.42. The van der Waals surface area contributed by atoms with E-state index in [0.29, 0.717) is 13.2 Å². The fourth-order valence-corrected chi connectivity index (χ4v) is 2.96. The standard InChI is InChI=1S/C15H21NO3/c1-14(2,16)8-15(9-17-10-15)11-3-4-12-13(7-11)19-6-5-18-12/h3-4,7H,5-6,8-10,16H2,1-2H3. The van der Waals surface area contributed by atoms with Crippen molar-refractivity contribution in [3.8, 4) is 11.5 Å². The van der Waals surface area contributed by atoms with E-state index in [4.69, 9.17) is 19.9 Å². The zero-order valence-corrected chi connectivity index (χ0v) is 11.6. The molecule has 1 aromatic carbocycles. The van der Waals surface area contributed by atoms with Gasteiger partial charge >= 0.3 is 0 Å². The fourth-order valence-electron chi connectivity index (χ4n) is 2.96. The highest BCUT2D eigenvalue weighted by molar-refractivity contribution is 5.46. The van der Waals surface area contributed by atoms with Gasteiger partial charge in [-0.05, 0) is 38.0 Å². The summed E-state index contributed by atoms with van der Waals surface area (Å²) in [6.45, 7) is 6.81. The highest BCUT2D eigenvalue weighted by atomic mass is 16.6. The van der Waals surface area contributed by atoms with Gasteiger partial charge in [-0.2, -0.15) is 0 Å². The summed E-state index contributed by atoms with van der Waals surface area (Å²) in [5, 5.41) is 0. The number of ether oxygens (including phenoxy) is 3. The van der Waals surface area contributed by atoms with Crippen LogP contribution in [0, 0.1) is 0 Å². The minimum absolute atomic E-state index is 0.0219. The van der Waals surface area contributed by atoms with E-state index < -0.39 is 0 Å². The largest absolute Gasteiger partial charge is 0.486 e. The first-order valence-corrected chi connectivity index (χ1v) is 6.75. The zero-order valence-electron chi connectivity index (χ0n) is 11.6. The van der Waals surface area contributed by atoms with Gasteiger partial charge in [0.25, 0.3) is 0 Å². The molecule has 3 rings (SSSR count). The van der Waals surface area contributed by atoms with Crippen LogP contribution in [0.5, 0.6) is 11.5 Å². The van der Waals surface area contributed by atoms with E-state index in [1.54, 1.807) is 0 Å². The van der Waals surface area contributed by atoms with Crippen LogP contribution >= 0.6 is 0 Å². The minimum atomic E-state index is -0.211. The second kappa shape index (κ2) is 4.39. The van der Waals surface area contributed by atoms with Gasteiger partial charge < -0.3 is 19.9 Å². The predicted octanol–water partition coefficient (Wildman–Crippen LogP) is 1.85. The Balaban J connectivity index is 1.91. The summed E-state index contributed by atoms with van der Waals surface area (Å²) in [5.41, 5.74) is 7.24. The summed E-state index contributed by atoms with van der Waals surface area (Å²) in [4.78, 5) is 0. The van der Waals surface area contributed by atoms with Crippen molar-refractivity contribution in [2.45, 2.75) is 31.2 Å². The Morgan fingerprint density at radius 3 is 2.42 bits per heavy atom. The molecule has 19 heavy (non-hydrogen) atoms. The molecule has 2 aliphatic heterocycles. The molecule has 1 aromatic rings. The summed E-state index contributed by atoms with van der Waals surface area (Å²) in [5.74, 6) is 1.67. The Labute approximate surface area is 113 Å². The summed E-state index contributed by atoms with van der Waals surface area (Å²) in [6.07, 6.45) is 0.902. The predicted molar refractivity (Wildman–Crippen MR) is 72.8 cm³/mol. The number of fused-ring (bicyclic) bond motifs is 1. The van der Waals surface area contributed by atoms with Gasteiger partial charge in [0.2, 0.25) is 0 Å². The van der Waals surface area contributed by atoms with E-state index in [1.165, 1.54) is 5.56 Å². The SMILES string of the molecule is CC(C)(N)CC1(c2ccc3c(c2)OCCO3)COC1. The molecule has 0 spiro atoms. The van der Waals surface area contributed by atoms with E-state index in [-0.39, 0.29) is 11.0 Å². The molecule has 1 fully saturated rings. The van der Waals surface area contributed by atoms with Crippen molar-refractivity contribution >= 4 is 0 Å². The lowest BCUT2D eigenvalue weighted by Gasteiger charge is -2.45. The van der Waals surface area contributed by atoms with E-state index in [0.717, 1.165) is 31.1 Å². The van der Waals surface area contributed by atoms with Crippen LogP contribution in [0.4, 0.5) is 0 Å². The first kappa shape index (κ1) is 12.8. The van der Waals surface area contributed by atoms with Crippen molar-refractivity contribution in [2.24, 2.45) is 5.73 Å². The van der Waals surface area contributed by atoms with Crippen LogP contribution in [0.3, 0.4) is 0 Å². The first-order chi connectivity index (χ1) is 8.99. The molecule has 2 aliphatic rings. The molecule has 4 heteroatoms. The van der Waals surface area contributed by atoms with Crippen LogP contribution in [0.1, 0.15) is 25.8 Å². The molecule has 2 heterocycles. The Kier molecular flexibility index (Phi) is 2.95. The van der Waals surface area contributed by atoms with Crippen molar-refractivity contribution in [1.29, 1.82) is 0 Å². The molecule has 0 amide bonds. The molecule has 0 radical (unpaired) electrons. The maximum Gasteiger partial charge on any atom is 0.161 e. The van der Waals surface area contributed by atoms with Crippen LogP contribution in [0.15, 0.2) is 18.2 Å². The van der Waals surface area contributed by atoms with Gasteiger partial charge in [0.15, 0.2) is 11.5 Å². The first-order valence-electron chi connectivity index (χ1n) is 6.75. The van der Waals surface area contributed by atoms with Crippen LogP contribution in [-0.2, 0) is 10.2 Å². The number of hydrogen-bond acceptors (Lipinski definition) is 4. The molecule has 0 unspecified atom stereocenters. The molecule has 0 bridgehead atoms. The van der Waals surface area contributed by atoms with Crippen LogP contribution in [0.25, 0.3) is 0 Å². The van der Waals surface area contributed by atoms with Gasteiger partial charge in [-0.15, -0.1) is 0 Å². The summed E-state index contributed by atoms with van der Waals surface area (Å²) < 4.78 is 16.7. The Morgan fingerprint density at radius 2 is 1.84 bits per heavy atom. The lowest BCUT2D eigenvalue weighted by Crippen LogP contribution is -2.53. The van der Waals surface area contributed by atoms with Crippen LogP contribution in [-0.4, -0.2) is 32.0 Å². The summed E-state index contributed by atoms with van der Waals surface area (Å²) in [6, 6.07) is 6.19. The third kappa shape index (κ3) is 2.42. The Hall–Kier alpha value is -1.26. The van der Waals surface area contributed by atoms with Crippen LogP contribution < -0.4 is 15.2 Å². The number of hydrogen-bond donors (Lipinski definition) is 1. The molecule has 0 atom stereocenters. The van der Waals surface area contributed by atoms with E-state index in [1.807, 2.05) is 6.07 Å². The normalized spacial score (nSPS) is 20.8. The van der Waals surface area contributed by atoms with Gasteiger partial charge in [-0.25, -0.2) is 0 Å². The quantitative estimate of drug-likeness (QED) is 0.904. The number of nitrogens with two attached hydrogens (primary N) is 1. The van der Waals surface area contributed by atoms with Gasteiger partial charge in [0.1, 0.15) is 13.2 Å². The molecule has 1 saturated heterocycles. The molecule has 4 nitrogen and oxygen atoms in total. The number of rotatable bonds is 3. The van der Waals surface area contributed by atoms with Crippen molar-refractivity contribution in [1.82, 2.24) is 0 Å². The van der Waals surface area contributed by atoms with E-state index in [2.05, 4.69) is 26.0 Å². The van der Waals surface area contributed by atoms with Gasteiger partial charge in [-0.1, -0.05) is 6.07 Å². The third-order valence-electron chi connectivity index (χ3n) is 3.71. The zero-order chi connectivity index (χ0) is 13.5. The second-order valence-corrected chi connectivity index (χ2v) is 6.30. The molecule has 0 aromatic heterocycles. The monoisotopic (exact) mass is 263 g/mol. The van der Waals surface area contributed by atoms with Crippen LogP contribution in [0.2, 0.25) is 0 Å². The number of benzene rings is 1. The topological polar surface area (TPSA) is 53.7 Å². The molecular weight excluding hydrogens is 242 g/mol. The lowest BCUT2D eigenvalue weighted by molar-refractivity contribution is -0.0720. The molecule has 0 saturated carbocycles. The summed E-state index contributed by atoms with van der Waals surface area (Å²) in [7, 11) is 0. The van der Waals surface area contributed by atoms with Gasteiger partial charge in [0.05, 0.1) is 13.2 Å². The van der Waals surface area contributed by atoms with Crippen molar-refractivity contribution in [3.63, 3.8) is 0 Å². The van der Waals surface area contributed by atoms with Crippen molar-refractivity contribution in [2.75, 3.05) is 26.4 Å². The average molecular weight is 263 g/mol. The highest BCUT2D eigenvalue weighted by Gasteiger charge is 2.43. The summed E-state index contributed by atoms with van der Waals surface area (Å²) >= 11 is 0. The van der Waals surface area contributed by atoms with Crippen molar-refractivity contribution < 1.29 is 14.2 Å².